The standard InChI is InChI=1S/C17H13NO3S/c18-17(19)15-10-4-9-14(16(15)22(20)21)13-8-3-6-11-5-1-2-7-12(11)13/h1-10H,(H2,18,19)(H,20,21). The Bertz CT molecular complexity index is 900. The number of primary amides is 1. The smallest absolute Gasteiger partial charge is 0.250 e. The van der Waals surface area contributed by atoms with Crippen LogP contribution in [0.2, 0.25) is 0 Å². The van der Waals surface area contributed by atoms with Crippen molar-refractivity contribution >= 4 is 27.8 Å². The molecule has 3 aromatic carbocycles. The number of benzene rings is 3. The lowest BCUT2D eigenvalue weighted by Crippen LogP contribution is -2.15. The Balaban J connectivity index is 2.39. The molecule has 110 valence electrons. The van der Waals surface area contributed by atoms with Crippen LogP contribution < -0.4 is 5.73 Å². The van der Waals surface area contributed by atoms with Gasteiger partial charge in [-0.05, 0) is 22.4 Å². The second-order valence-electron chi connectivity index (χ2n) is 4.82. The van der Waals surface area contributed by atoms with E-state index in [4.69, 9.17) is 5.73 Å². The van der Waals surface area contributed by atoms with E-state index in [0.29, 0.717) is 5.56 Å². The van der Waals surface area contributed by atoms with Crippen molar-refractivity contribution in [3.05, 3.63) is 66.2 Å². The maximum absolute atomic E-state index is 11.8. The Morgan fingerprint density at radius 2 is 1.55 bits per heavy atom. The van der Waals surface area contributed by atoms with Gasteiger partial charge in [-0.3, -0.25) is 4.79 Å². The Hall–Kier alpha value is -2.50. The van der Waals surface area contributed by atoms with E-state index in [1.807, 2.05) is 42.5 Å². The monoisotopic (exact) mass is 311 g/mol. The molecular formula is C17H13NO3S. The summed E-state index contributed by atoms with van der Waals surface area (Å²) in [6.07, 6.45) is 0. The minimum absolute atomic E-state index is 0.0475. The molecular weight excluding hydrogens is 298 g/mol. The molecule has 0 heterocycles. The highest BCUT2D eigenvalue weighted by molar-refractivity contribution is 7.79. The molecule has 22 heavy (non-hydrogen) atoms. The Morgan fingerprint density at radius 1 is 0.909 bits per heavy atom. The summed E-state index contributed by atoms with van der Waals surface area (Å²) in [4.78, 5) is 11.6. The molecule has 4 nitrogen and oxygen atoms in total. The molecule has 1 atom stereocenters. The van der Waals surface area contributed by atoms with Crippen LogP contribution in [-0.2, 0) is 11.1 Å². The average molecular weight is 311 g/mol. The summed E-state index contributed by atoms with van der Waals surface area (Å²) in [7, 11) is 0. The predicted molar refractivity (Wildman–Crippen MR) is 86.9 cm³/mol. The highest BCUT2D eigenvalue weighted by atomic mass is 32.2. The Kier molecular flexibility index (Phi) is 3.75. The van der Waals surface area contributed by atoms with E-state index in [1.54, 1.807) is 12.1 Å². The number of hydrogen-bond acceptors (Lipinski definition) is 2. The maximum Gasteiger partial charge on any atom is 0.250 e. The van der Waals surface area contributed by atoms with Gasteiger partial charge in [0.15, 0.2) is 11.1 Å². The third-order valence-electron chi connectivity index (χ3n) is 3.53. The topological polar surface area (TPSA) is 80.4 Å². The van der Waals surface area contributed by atoms with Gasteiger partial charge >= 0.3 is 0 Å². The van der Waals surface area contributed by atoms with Crippen molar-refractivity contribution in [1.29, 1.82) is 0 Å². The minimum atomic E-state index is -2.32. The molecule has 0 radical (unpaired) electrons. The fourth-order valence-electron chi connectivity index (χ4n) is 2.59. The van der Waals surface area contributed by atoms with Crippen LogP contribution in [0.15, 0.2) is 65.6 Å². The van der Waals surface area contributed by atoms with Gasteiger partial charge in [-0.15, -0.1) is 0 Å². The van der Waals surface area contributed by atoms with Crippen LogP contribution in [0, 0.1) is 0 Å². The van der Waals surface area contributed by atoms with Gasteiger partial charge in [0.2, 0.25) is 5.91 Å². The number of carbonyl (C=O) groups is 1. The van der Waals surface area contributed by atoms with Crippen LogP contribution in [0.5, 0.6) is 0 Å². The molecule has 0 fully saturated rings. The number of nitrogens with two attached hydrogens (primary N) is 1. The molecule has 1 unspecified atom stereocenters. The lowest BCUT2D eigenvalue weighted by atomic mass is 9.97. The lowest BCUT2D eigenvalue weighted by molar-refractivity contribution is 0.0997. The van der Waals surface area contributed by atoms with E-state index in [0.717, 1.165) is 16.3 Å². The van der Waals surface area contributed by atoms with E-state index in [9.17, 15) is 13.6 Å². The molecule has 0 aliphatic rings. The molecule has 0 saturated carbocycles. The summed E-state index contributed by atoms with van der Waals surface area (Å²) in [5.74, 6) is -0.723. The van der Waals surface area contributed by atoms with Crippen LogP contribution in [0.25, 0.3) is 21.9 Å². The first-order valence-electron chi connectivity index (χ1n) is 6.61. The van der Waals surface area contributed by atoms with Crippen molar-refractivity contribution in [1.82, 2.24) is 0 Å². The van der Waals surface area contributed by atoms with Crippen LogP contribution in [0.1, 0.15) is 10.4 Å². The van der Waals surface area contributed by atoms with Crippen LogP contribution in [-0.4, -0.2) is 14.7 Å². The molecule has 3 aromatic rings. The zero-order valence-electron chi connectivity index (χ0n) is 11.5. The van der Waals surface area contributed by atoms with E-state index in [2.05, 4.69) is 0 Å². The number of hydrogen-bond donors (Lipinski definition) is 2. The van der Waals surface area contributed by atoms with E-state index in [1.165, 1.54) is 6.07 Å². The quantitative estimate of drug-likeness (QED) is 0.729. The van der Waals surface area contributed by atoms with E-state index in [-0.39, 0.29) is 10.5 Å². The summed E-state index contributed by atoms with van der Waals surface area (Å²) in [6.45, 7) is 0. The summed E-state index contributed by atoms with van der Waals surface area (Å²) >= 11 is -2.32. The predicted octanol–water partition coefficient (Wildman–Crippen LogP) is 3.19. The molecule has 0 saturated heterocycles. The van der Waals surface area contributed by atoms with Crippen molar-refractivity contribution < 1.29 is 13.6 Å². The third kappa shape index (κ3) is 2.41. The van der Waals surface area contributed by atoms with Gasteiger partial charge < -0.3 is 10.3 Å². The molecule has 0 bridgehead atoms. The van der Waals surface area contributed by atoms with Crippen molar-refractivity contribution in [2.24, 2.45) is 5.73 Å². The van der Waals surface area contributed by atoms with Gasteiger partial charge in [0.25, 0.3) is 0 Å². The van der Waals surface area contributed by atoms with Crippen LogP contribution >= 0.6 is 0 Å². The largest absolute Gasteiger partial charge is 0.366 e. The molecule has 3 N–H and O–H groups in total. The first-order chi connectivity index (χ1) is 10.6. The average Bonchev–Trinajstić information content (AvgIpc) is 2.53. The summed E-state index contributed by atoms with van der Waals surface area (Å²) < 4.78 is 21.4. The number of rotatable bonds is 3. The van der Waals surface area contributed by atoms with Crippen molar-refractivity contribution in [2.75, 3.05) is 0 Å². The first kappa shape index (κ1) is 14.4. The lowest BCUT2D eigenvalue weighted by Gasteiger charge is -2.12. The Morgan fingerprint density at radius 3 is 2.27 bits per heavy atom. The van der Waals surface area contributed by atoms with Crippen LogP contribution in [0.4, 0.5) is 0 Å². The fraction of sp³-hybridized carbons (Fsp3) is 0. The zero-order chi connectivity index (χ0) is 15.7. The van der Waals surface area contributed by atoms with Gasteiger partial charge in [0.1, 0.15) is 0 Å². The second-order valence-corrected chi connectivity index (χ2v) is 5.73. The van der Waals surface area contributed by atoms with Gasteiger partial charge in [-0.2, -0.15) is 0 Å². The molecule has 0 spiro atoms. The molecule has 0 aromatic heterocycles. The normalized spacial score (nSPS) is 12.2. The fourth-order valence-corrected chi connectivity index (χ4v) is 3.31. The third-order valence-corrected chi connectivity index (χ3v) is 4.32. The van der Waals surface area contributed by atoms with Gasteiger partial charge in [-0.1, -0.05) is 54.6 Å². The highest BCUT2D eigenvalue weighted by Crippen LogP contribution is 2.33. The maximum atomic E-state index is 11.8. The number of carbonyl (C=O) groups excluding carboxylic acids is 1. The molecule has 3 rings (SSSR count). The van der Waals surface area contributed by atoms with Crippen molar-refractivity contribution in [2.45, 2.75) is 4.90 Å². The molecule has 0 aliphatic heterocycles. The Labute approximate surface area is 129 Å². The minimum Gasteiger partial charge on any atom is -0.366 e. The van der Waals surface area contributed by atoms with E-state index < -0.39 is 17.0 Å². The SMILES string of the molecule is NC(=O)c1cccc(-c2cccc3ccccc23)c1S(=O)O. The highest BCUT2D eigenvalue weighted by Gasteiger charge is 2.19. The van der Waals surface area contributed by atoms with Crippen molar-refractivity contribution in [3.8, 4) is 11.1 Å². The van der Waals surface area contributed by atoms with Crippen LogP contribution in [0.3, 0.4) is 0 Å². The zero-order valence-corrected chi connectivity index (χ0v) is 12.3. The van der Waals surface area contributed by atoms with Gasteiger partial charge in [-0.25, -0.2) is 4.21 Å². The number of fused-ring (bicyclic) bond motifs is 1. The second kappa shape index (κ2) is 5.71. The van der Waals surface area contributed by atoms with E-state index >= 15 is 0 Å². The summed E-state index contributed by atoms with van der Waals surface area (Å²) in [5, 5.41) is 1.96. The molecule has 5 heteroatoms. The summed E-state index contributed by atoms with van der Waals surface area (Å²) in [6, 6.07) is 18.3. The van der Waals surface area contributed by atoms with Gasteiger partial charge in [0, 0.05) is 5.56 Å². The van der Waals surface area contributed by atoms with Crippen molar-refractivity contribution in [3.63, 3.8) is 0 Å². The molecule has 1 amide bonds. The first-order valence-corrected chi connectivity index (χ1v) is 7.72. The molecule has 0 aliphatic carbocycles. The number of amides is 1. The summed E-state index contributed by atoms with van der Waals surface area (Å²) in [5.41, 5.74) is 6.72. The van der Waals surface area contributed by atoms with Gasteiger partial charge in [0.05, 0.1) is 10.5 Å².